The summed E-state index contributed by atoms with van der Waals surface area (Å²) < 4.78 is 8.17. The molecule has 0 unspecified atom stereocenters. The van der Waals surface area contributed by atoms with Crippen LogP contribution in [0.1, 0.15) is 11.1 Å². The topological polar surface area (TPSA) is 66.6 Å². The van der Waals surface area contributed by atoms with Gasteiger partial charge >= 0.3 is 0 Å². The fraction of sp³-hybridized carbons (Fsp3) is 0.0435. The van der Waals surface area contributed by atoms with E-state index in [0.29, 0.717) is 17.9 Å². The first-order chi connectivity index (χ1) is 13.8. The number of imidazole rings is 1. The number of aromatic nitrogens is 3. The summed E-state index contributed by atoms with van der Waals surface area (Å²) in [5, 5.41) is 11.6. The molecule has 1 N–H and O–H groups in total. The van der Waals surface area contributed by atoms with Crippen LogP contribution in [0.3, 0.4) is 0 Å². The fourth-order valence-corrected chi connectivity index (χ4v) is 3.45. The molecule has 5 heteroatoms. The van der Waals surface area contributed by atoms with Gasteiger partial charge in [-0.05, 0) is 30.3 Å². The molecule has 28 heavy (non-hydrogen) atoms. The van der Waals surface area contributed by atoms with Crippen LogP contribution in [0.2, 0.25) is 0 Å². The van der Waals surface area contributed by atoms with Crippen molar-refractivity contribution >= 4 is 21.8 Å². The monoisotopic (exact) mass is 364 g/mol. The predicted molar refractivity (Wildman–Crippen MR) is 108 cm³/mol. The molecule has 0 saturated heterocycles. The Bertz CT molecular complexity index is 1330. The number of nitrogens with one attached hydrogen (secondary N) is 1. The van der Waals surface area contributed by atoms with E-state index in [2.05, 4.69) is 34.2 Å². The normalized spacial score (nSPS) is 11.0. The van der Waals surface area contributed by atoms with E-state index in [1.807, 2.05) is 41.1 Å². The first-order valence-corrected chi connectivity index (χ1v) is 8.97. The molecule has 0 bridgehead atoms. The van der Waals surface area contributed by atoms with Gasteiger partial charge in [0.2, 0.25) is 0 Å². The van der Waals surface area contributed by atoms with Crippen molar-refractivity contribution in [1.82, 2.24) is 14.5 Å². The van der Waals surface area contributed by atoms with Crippen LogP contribution in [0.15, 0.2) is 79.4 Å². The lowest BCUT2D eigenvalue weighted by Crippen LogP contribution is -2.00. The summed E-state index contributed by atoms with van der Waals surface area (Å²) in [5.74, 6) is 1.39. The zero-order valence-corrected chi connectivity index (χ0v) is 15.0. The Kier molecular flexibility index (Phi) is 3.81. The van der Waals surface area contributed by atoms with E-state index < -0.39 is 0 Å². The van der Waals surface area contributed by atoms with Crippen LogP contribution in [0.4, 0.5) is 0 Å². The molecule has 2 heterocycles. The van der Waals surface area contributed by atoms with Gasteiger partial charge in [-0.25, -0.2) is 4.98 Å². The van der Waals surface area contributed by atoms with Crippen LogP contribution in [-0.2, 0) is 6.54 Å². The summed E-state index contributed by atoms with van der Waals surface area (Å²) in [4.78, 5) is 7.52. The molecule has 0 radical (unpaired) electrons. The van der Waals surface area contributed by atoms with E-state index in [4.69, 9.17) is 4.74 Å². The van der Waals surface area contributed by atoms with Gasteiger partial charge in [0.05, 0.1) is 30.0 Å². The van der Waals surface area contributed by atoms with Gasteiger partial charge in [0.25, 0.3) is 0 Å². The highest BCUT2D eigenvalue weighted by Gasteiger charge is 2.10. The summed E-state index contributed by atoms with van der Waals surface area (Å²) in [7, 11) is 0. The molecule has 2 aromatic heterocycles. The largest absolute Gasteiger partial charge is 0.457 e. The summed E-state index contributed by atoms with van der Waals surface area (Å²) in [6, 6.07) is 21.9. The van der Waals surface area contributed by atoms with E-state index in [1.54, 1.807) is 24.7 Å². The highest BCUT2D eigenvalue weighted by atomic mass is 16.5. The third-order valence-electron chi connectivity index (χ3n) is 4.81. The van der Waals surface area contributed by atoms with Crippen molar-refractivity contribution in [2.75, 3.05) is 0 Å². The molecule has 3 aromatic carbocycles. The Hall–Kier alpha value is -4.04. The van der Waals surface area contributed by atoms with E-state index in [-0.39, 0.29) is 0 Å². The third-order valence-corrected chi connectivity index (χ3v) is 4.81. The maximum absolute atomic E-state index is 9.27. The SMILES string of the molecule is N#Cc1ccc(Cn2ccnc2)c(Oc2ccc3c(c2)[nH]c2ccccc23)c1. The Morgan fingerprint density at radius 2 is 1.89 bits per heavy atom. The minimum atomic E-state index is 0.566. The van der Waals surface area contributed by atoms with Crippen LogP contribution in [0.25, 0.3) is 21.8 Å². The quantitative estimate of drug-likeness (QED) is 0.475. The molecule has 0 aliphatic carbocycles. The maximum atomic E-state index is 9.27. The maximum Gasteiger partial charge on any atom is 0.133 e. The molecule has 0 spiro atoms. The number of hydrogen-bond donors (Lipinski definition) is 1. The highest BCUT2D eigenvalue weighted by molar-refractivity contribution is 6.07. The van der Waals surface area contributed by atoms with Gasteiger partial charge in [0.1, 0.15) is 11.5 Å². The smallest absolute Gasteiger partial charge is 0.133 e. The number of benzene rings is 3. The Balaban J connectivity index is 1.54. The van der Waals surface area contributed by atoms with Crippen LogP contribution >= 0.6 is 0 Å². The number of para-hydroxylation sites is 1. The van der Waals surface area contributed by atoms with Crippen LogP contribution in [0.5, 0.6) is 11.5 Å². The lowest BCUT2D eigenvalue weighted by atomic mass is 10.1. The summed E-state index contributed by atoms with van der Waals surface area (Å²) >= 11 is 0. The molecule has 5 rings (SSSR count). The molecule has 0 aliphatic rings. The second kappa shape index (κ2) is 6.60. The van der Waals surface area contributed by atoms with Gasteiger partial charge in [-0.1, -0.05) is 24.3 Å². The molecule has 5 aromatic rings. The lowest BCUT2D eigenvalue weighted by Gasteiger charge is -2.12. The van der Waals surface area contributed by atoms with E-state index in [1.165, 1.54) is 5.39 Å². The van der Waals surface area contributed by atoms with Crippen molar-refractivity contribution in [3.63, 3.8) is 0 Å². The number of H-pyrrole nitrogens is 1. The molecular formula is C23H16N4O. The Morgan fingerprint density at radius 1 is 1.00 bits per heavy atom. The van der Waals surface area contributed by atoms with Gasteiger partial charge in [-0.2, -0.15) is 5.26 Å². The zero-order chi connectivity index (χ0) is 18.9. The van der Waals surface area contributed by atoms with Crippen molar-refractivity contribution in [3.05, 3.63) is 90.5 Å². The molecular weight excluding hydrogens is 348 g/mol. The molecule has 0 saturated carbocycles. The number of aromatic amines is 1. The Labute approximate surface area is 161 Å². The second-order valence-corrected chi connectivity index (χ2v) is 6.65. The van der Waals surface area contributed by atoms with Crippen molar-refractivity contribution in [2.45, 2.75) is 6.54 Å². The zero-order valence-electron chi connectivity index (χ0n) is 15.0. The summed E-state index contributed by atoms with van der Waals surface area (Å²) in [5.41, 5.74) is 3.66. The number of fused-ring (bicyclic) bond motifs is 3. The average Bonchev–Trinajstić information content (AvgIpc) is 3.36. The summed E-state index contributed by atoms with van der Waals surface area (Å²) in [6.45, 7) is 0.621. The standard InChI is InChI=1S/C23H16N4O/c24-13-16-5-6-17(14-27-10-9-25-15-27)23(11-16)28-18-7-8-20-19-3-1-2-4-21(19)26-22(20)12-18/h1-12,15,26H,14H2. The van der Waals surface area contributed by atoms with Crippen molar-refractivity contribution < 1.29 is 4.74 Å². The van der Waals surface area contributed by atoms with Crippen LogP contribution < -0.4 is 4.74 Å². The lowest BCUT2D eigenvalue weighted by molar-refractivity contribution is 0.474. The number of nitrogens with zero attached hydrogens (tertiary/aromatic N) is 3. The van der Waals surface area contributed by atoms with Crippen molar-refractivity contribution in [2.24, 2.45) is 0 Å². The minimum absolute atomic E-state index is 0.566. The molecule has 5 nitrogen and oxygen atoms in total. The van der Waals surface area contributed by atoms with E-state index >= 15 is 0 Å². The number of hydrogen-bond acceptors (Lipinski definition) is 3. The van der Waals surface area contributed by atoms with Gasteiger partial charge < -0.3 is 14.3 Å². The summed E-state index contributed by atoms with van der Waals surface area (Å²) in [6.07, 6.45) is 5.41. The van der Waals surface area contributed by atoms with Crippen LogP contribution in [0, 0.1) is 11.3 Å². The highest BCUT2D eigenvalue weighted by Crippen LogP contribution is 2.32. The van der Waals surface area contributed by atoms with Gasteiger partial charge in [0, 0.05) is 40.3 Å². The number of nitriles is 1. The Morgan fingerprint density at radius 3 is 2.75 bits per heavy atom. The molecule has 134 valence electrons. The minimum Gasteiger partial charge on any atom is -0.457 e. The van der Waals surface area contributed by atoms with E-state index in [0.717, 1.165) is 27.7 Å². The van der Waals surface area contributed by atoms with E-state index in [9.17, 15) is 5.26 Å². The predicted octanol–water partition coefficient (Wildman–Crippen LogP) is 5.23. The first-order valence-electron chi connectivity index (χ1n) is 8.97. The van der Waals surface area contributed by atoms with Gasteiger partial charge in [0.15, 0.2) is 0 Å². The molecule has 0 amide bonds. The second-order valence-electron chi connectivity index (χ2n) is 6.65. The van der Waals surface area contributed by atoms with Crippen LogP contribution in [-0.4, -0.2) is 14.5 Å². The van der Waals surface area contributed by atoms with Crippen molar-refractivity contribution in [1.29, 1.82) is 5.26 Å². The molecule has 0 fully saturated rings. The molecule has 0 aliphatic heterocycles. The fourth-order valence-electron chi connectivity index (χ4n) is 3.45. The van der Waals surface area contributed by atoms with Gasteiger partial charge in [-0.15, -0.1) is 0 Å². The molecule has 0 atom stereocenters. The average molecular weight is 364 g/mol. The van der Waals surface area contributed by atoms with Gasteiger partial charge in [-0.3, -0.25) is 0 Å². The third kappa shape index (κ3) is 2.87. The number of rotatable bonds is 4. The number of ether oxygens (including phenoxy) is 1. The first kappa shape index (κ1) is 16.2. The van der Waals surface area contributed by atoms with Crippen molar-refractivity contribution in [3.8, 4) is 17.6 Å².